The number of nitrogens with one attached hydrogen (secondary N) is 1. The fourth-order valence-corrected chi connectivity index (χ4v) is 3.82. The molecule has 0 spiro atoms. The Hall–Kier alpha value is -3.27. The summed E-state index contributed by atoms with van der Waals surface area (Å²) in [5, 5.41) is 7.95. The lowest BCUT2D eigenvalue weighted by Crippen LogP contribution is -2.28. The molecule has 28 heavy (non-hydrogen) atoms. The zero-order valence-electron chi connectivity index (χ0n) is 15.9. The summed E-state index contributed by atoms with van der Waals surface area (Å²) in [7, 11) is 3.77. The van der Waals surface area contributed by atoms with Gasteiger partial charge >= 0.3 is 5.69 Å². The quantitative estimate of drug-likeness (QED) is 0.564. The summed E-state index contributed by atoms with van der Waals surface area (Å²) in [6, 6.07) is 5.76. The summed E-state index contributed by atoms with van der Waals surface area (Å²) in [4.78, 5) is 35.6. The number of rotatable bonds is 4. The van der Waals surface area contributed by atoms with Gasteiger partial charge in [0.1, 0.15) is 17.6 Å². The number of anilines is 2. The SMILES string of the molecule is Cc1ccc(NC(=O)Cn2nc3c4sc(N(C)C)nc4ncn3c2=O)c(C)c1. The van der Waals surface area contributed by atoms with E-state index in [1.807, 2.05) is 51.0 Å². The van der Waals surface area contributed by atoms with Gasteiger partial charge in [0.05, 0.1) is 0 Å². The van der Waals surface area contributed by atoms with Gasteiger partial charge in [0.25, 0.3) is 0 Å². The molecule has 3 aromatic heterocycles. The topological polar surface area (TPSA) is 97.4 Å². The first kappa shape index (κ1) is 18.1. The van der Waals surface area contributed by atoms with Gasteiger partial charge in [-0.05, 0) is 25.5 Å². The van der Waals surface area contributed by atoms with E-state index in [1.165, 1.54) is 22.1 Å². The van der Waals surface area contributed by atoms with Crippen LogP contribution in [-0.4, -0.2) is 44.2 Å². The average Bonchev–Trinajstić information content (AvgIpc) is 3.20. The molecule has 1 N–H and O–H groups in total. The number of hydrogen-bond donors (Lipinski definition) is 1. The number of aryl methyl sites for hydroxylation is 2. The van der Waals surface area contributed by atoms with Crippen LogP contribution < -0.4 is 15.9 Å². The third-order valence-electron chi connectivity index (χ3n) is 4.30. The van der Waals surface area contributed by atoms with E-state index in [2.05, 4.69) is 20.4 Å². The summed E-state index contributed by atoms with van der Waals surface area (Å²) in [6.07, 6.45) is 1.39. The summed E-state index contributed by atoms with van der Waals surface area (Å²) in [5.74, 6) is -0.319. The molecule has 0 unspecified atom stereocenters. The normalized spacial score (nSPS) is 11.3. The Bertz CT molecular complexity index is 1270. The van der Waals surface area contributed by atoms with E-state index in [-0.39, 0.29) is 12.5 Å². The zero-order valence-corrected chi connectivity index (χ0v) is 16.7. The van der Waals surface area contributed by atoms with Crippen molar-refractivity contribution in [3.63, 3.8) is 0 Å². The molecule has 0 aliphatic rings. The van der Waals surface area contributed by atoms with Crippen molar-refractivity contribution in [1.82, 2.24) is 24.1 Å². The highest BCUT2D eigenvalue weighted by Gasteiger charge is 2.17. The molecule has 0 aliphatic carbocycles. The number of nitrogens with zero attached hydrogens (tertiary/aromatic N) is 6. The smallest absolute Gasteiger partial charge is 0.352 e. The minimum atomic E-state index is -0.417. The number of amides is 1. The van der Waals surface area contributed by atoms with Gasteiger partial charge in [0.15, 0.2) is 16.4 Å². The molecule has 0 saturated heterocycles. The van der Waals surface area contributed by atoms with Crippen LogP contribution in [0.3, 0.4) is 0 Å². The van der Waals surface area contributed by atoms with E-state index in [9.17, 15) is 9.59 Å². The molecule has 0 saturated carbocycles. The van der Waals surface area contributed by atoms with Gasteiger partial charge in [-0.15, -0.1) is 5.10 Å². The fraction of sp³-hybridized carbons (Fsp3) is 0.278. The van der Waals surface area contributed by atoms with E-state index in [0.29, 0.717) is 16.0 Å². The van der Waals surface area contributed by atoms with Crippen LogP contribution in [0.1, 0.15) is 11.1 Å². The summed E-state index contributed by atoms with van der Waals surface area (Å²) in [6.45, 7) is 3.73. The highest BCUT2D eigenvalue weighted by Crippen LogP contribution is 2.28. The Labute approximate surface area is 164 Å². The van der Waals surface area contributed by atoms with Gasteiger partial charge in [0.2, 0.25) is 5.91 Å². The Balaban J connectivity index is 1.67. The van der Waals surface area contributed by atoms with Gasteiger partial charge in [-0.2, -0.15) is 4.98 Å². The van der Waals surface area contributed by atoms with Crippen molar-refractivity contribution >= 4 is 44.1 Å². The van der Waals surface area contributed by atoms with Crippen LogP contribution in [0.25, 0.3) is 16.0 Å². The second-order valence-electron chi connectivity index (χ2n) is 6.79. The van der Waals surface area contributed by atoms with Gasteiger partial charge in [-0.1, -0.05) is 29.0 Å². The van der Waals surface area contributed by atoms with Crippen molar-refractivity contribution in [2.75, 3.05) is 24.3 Å². The minimum Gasteiger partial charge on any atom is -0.354 e. The van der Waals surface area contributed by atoms with Crippen LogP contribution in [0.2, 0.25) is 0 Å². The van der Waals surface area contributed by atoms with Gasteiger partial charge in [0, 0.05) is 19.8 Å². The molecule has 0 fully saturated rings. The number of thiazole rings is 1. The standard InChI is InChI=1S/C18H19N7O2S/c1-10-5-6-12(11(2)7-10)20-13(26)8-25-18(27)24-9-19-15-14(16(24)22-25)28-17(21-15)23(3)4/h5-7,9H,8H2,1-4H3,(H,20,26). The van der Waals surface area contributed by atoms with Crippen LogP contribution in [0, 0.1) is 13.8 Å². The molecule has 144 valence electrons. The molecule has 0 bridgehead atoms. The molecule has 10 heteroatoms. The van der Waals surface area contributed by atoms with Crippen molar-refractivity contribution in [3.8, 4) is 0 Å². The summed E-state index contributed by atoms with van der Waals surface area (Å²) < 4.78 is 3.19. The fourth-order valence-electron chi connectivity index (χ4n) is 2.90. The van der Waals surface area contributed by atoms with E-state index < -0.39 is 5.69 Å². The van der Waals surface area contributed by atoms with Crippen molar-refractivity contribution in [3.05, 3.63) is 46.1 Å². The van der Waals surface area contributed by atoms with Gasteiger partial charge in [-0.25, -0.2) is 18.9 Å². The molecule has 3 heterocycles. The number of benzene rings is 1. The molecule has 4 aromatic rings. The van der Waals surface area contributed by atoms with Gasteiger partial charge < -0.3 is 10.2 Å². The molecule has 1 aromatic carbocycles. The van der Waals surface area contributed by atoms with E-state index in [1.54, 1.807) is 0 Å². The molecule has 4 rings (SSSR count). The van der Waals surface area contributed by atoms with Gasteiger partial charge in [-0.3, -0.25) is 4.79 Å². The molecule has 0 aliphatic heterocycles. The Kier molecular flexibility index (Phi) is 4.34. The predicted molar refractivity (Wildman–Crippen MR) is 109 cm³/mol. The highest BCUT2D eigenvalue weighted by atomic mass is 32.1. The van der Waals surface area contributed by atoms with Crippen molar-refractivity contribution in [1.29, 1.82) is 0 Å². The molecule has 9 nitrogen and oxygen atoms in total. The number of hydrogen-bond acceptors (Lipinski definition) is 7. The van der Waals surface area contributed by atoms with Crippen molar-refractivity contribution < 1.29 is 4.79 Å². The largest absolute Gasteiger partial charge is 0.354 e. The monoisotopic (exact) mass is 397 g/mol. The van der Waals surface area contributed by atoms with Crippen molar-refractivity contribution in [2.45, 2.75) is 20.4 Å². The lowest BCUT2D eigenvalue weighted by atomic mass is 10.1. The Morgan fingerprint density at radius 1 is 1.29 bits per heavy atom. The lowest BCUT2D eigenvalue weighted by Gasteiger charge is -2.08. The molecule has 0 atom stereocenters. The maximum atomic E-state index is 12.6. The van der Waals surface area contributed by atoms with Crippen LogP contribution in [0.5, 0.6) is 0 Å². The number of aromatic nitrogens is 5. The highest BCUT2D eigenvalue weighted by molar-refractivity contribution is 7.22. The maximum Gasteiger partial charge on any atom is 0.352 e. The molecular formula is C18H19N7O2S. The Morgan fingerprint density at radius 3 is 2.79 bits per heavy atom. The number of fused-ring (bicyclic) bond motifs is 3. The first-order valence-electron chi connectivity index (χ1n) is 8.62. The molecule has 1 amide bonds. The number of carbonyl (C=O) groups is 1. The van der Waals surface area contributed by atoms with Crippen LogP contribution in [-0.2, 0) is 11.3 Å². The summed E-state index contributed by atoms with van der Waals surface area (Å²) in [5.41, 5.74) is 3.35. The third-order valence-corrected chi connectivity index (χ3v) is 5.51. The third kappa shape index (κ3) is 3.11. The second kappa shape index (κ2) is 6.71. The second-order valence-corrected chi connectivity index (χ2v) is 7.77. The van der Waals surface area contributed by atoms with Crippen molar-refractivity contribution in [2.24, 2.45) is 0 Å². The Morgan fingerprint density at radius 2 is 2.07 bits per heavy atom. The first-order chi connectivity index (χ1) is 13.3. The van der Waals surface area contributed by atoms with Crippen LogP contribution >= 0.6 is 11.3 Å². The number of carbonyl (C=O) groups excluding carboxylic acids is 1. The van der Waals surface area contributed by atoms with Crippen LogP contribution in [0.15, 0.2) is 29.3 Å². The zero-order chi connectivity index (χ0) is 20.0. The predicted octanol–water partition coefficient (Wildman–Crippen LogP) is 1.82. The molecule has 0 radical (unpaired) electrons. The average molecular weight is 397 g/mol. The maximum absolute atomic E-state index is 12.6. The van der Waals surface area contributed by atoms with Crippen LogP contribution in [0.4, 0.5) is 10.8 Å². The van der Waals surface area contributed by atoms with E-state index in [0.717, 1.165) is 26.6 Å². The minimum absolute atomic E-state index is 0.186. The summed E-state index contributed by atoms with van der Waals surface area (Å²) >= 11 is 1.40. The van der Waals surface area contributed by atoms with E-state index >= 15 is 0 Å². The lowest BCUT2D eigenvalue weighted by molar-refractivity contribution is -0.117. The molecular weight excluding hydrogens is 378 g/mol. The van der Waals surface area contributed by atoms with E-state index in [4.69, 9.17) is 0 Å². The first-order valence-corrected chi connectivity index (χ1v) is 9.44.